The van der Waals surface area contributed by atoms with Gasteiger partial charge in [0.15, 0.2) is 11.6 Å². The van der Waals surface area contributed by atoms with Crippen LogP contribution in [0.25, 0.3) is 0 Å². The van der Waals surface area contributed by atoms with Crippen LogP contribution in [-0.4, -0.2) is 16.2 Å². The molecule has 2 aromatic rings. The summed E-state index contributed by atoms with van der Waals surface area (Å²) in [6.07, 6.45) is 0. The van der Waals surface area contributed by atoms with Crippen molar-refractivity contribution >= 4 is 5.97 Å². The fourth-order valence-electron chi connectivity index (χ4n) is 1.57. The molecule has 0 aliphatic heterocycles. The van der Waals surface area contributed by atoms with Crippen molar-refractivity contribution in [1.29, 1.82) is 0 Å². The lowest BCUT2D eigenvalue weighted by Crippen LogP contribution is -2.05. The summed E-state index contributed by atoms with van der Waals surface area (Å²) < 4.78 is 18.8. The number of carboxylic acid groups (broad SMARTS) is 1. The summed E-state index contributed by atoms with van der Waals surface area (Å²) in [7, 11) is 0. The van der Waals surface area contributed by atoms with E-state index in [-0.39, 0.29) is 23.7 Å². The summed E-state index contributed by atoms with van der Waals surface area (Å²) in [5.41, 5.74) is 0.469. The second-order valence-electron chi connectivity index (χ2n) is 3.88. The number of phenolic OH excluding ortho intramolecular Hbond substituents is 1. The lowest BCUT2D eigenvalue weighted by Gasteiger charge is -2.10. The summed E-state index contributed by atoms with van der Waals surface area (Å²) in [4.78, 5) is 11.0. The van der Waals surface area contributed by atoms with Gasteiger partial charge in [-0.05, 0) is 29.8 Å². The van der Waals surface area contributed by atoms with E-state index in [1.807, 2.05) is 0 Å². The van der Waals surface area contributed by atoms with Gasteiger partial charge in [-0.2, -0.15) is 0 Å². The third kappa shape index (κ3) is 3.01. The third-order valence-corrected chi connectivity index (χ3v) is 2.52. The zero-order chi connectivity index (χ0) is 13.8. The number of para-hydroxylation sites is 1. The Morgan fingerprint density at radius 1 is 1.16 bits per heavy atom. The van der Waals surface area contributed by atoms with E-state index in [0.717, 1.165) is 6.07 Å². The number of halogens is 1. The zero-order valence-corrected chi connectivity index (χ0v) is 9.84. The molecule has 0 aliphatic carbocycles. The SMILES string of the molecule is O=C(O)c1cccc(F)c1OCc1ccc(O)cc1. The molecule has 5 heteroatoms. The first-order valence-electron chi connectivity index (χ1n) is 5.50. The maximum atomic E-state index is 13.5. The van der Waals surface area contributed by atoms with Gasteiger partial charge in [0.25, 0.3) is 0 Å². The number of aromatic carboxylic acids is 1. The van der Waals surface area contributed by atoms with Crippen LogP contribution in [-0.2, 0) is 6.61 Å². The summed E-state index contributed by atoms with van der Waals surface area (Å²) in [6.45, 7) is 0.0154. The molecule has 0 atom stereocenters. The topological polar surface area (TPSA) is 66.8 Å². The first kappa shape index (κ1) is 12.9. The van der Waals surface area contributed by atoms with E-state index in [1.165, 1.54) is 24.3 Å². The lowest BCUT2D eigenvalue weighted by molar-refractivity contribution is 0.0690. The number of rotatable bonds is 4. The van der Waals surface area contributed by atoms with E-state index in [4.69, 9.17) is 14.9 Å². The molecule has 0 saturated heterocycles. The molecule has 0 amide bonds. The lowest BCUT2D eigenvalue weighted by atomic mass is 10.2. The van der Waals surface area contributed by atoms with Gasteiger partial charge in [0, 0.05) is 0 Å². The minimum atomic E-state index is -1.25. The second-order valence-corrected chi connectivity index (χ2v) is 3.88. The molecule has 4 nitrogen and oxygen atoms in total. The fourth-order valence-corrected chi connectivity index (χ4v) is 1.57. The van der Waals surface area contributed by atoms with Gasteiger partial charge in [0.2, 0.25) is 0 Å². The number of ether oxygens (including phenoxy) is 1. The van der Waals surface area contributed by atoms with E-state index >= 15 is 0 Å². The van der Waals surface area contributed by atoms with Gasteiger partial charge in [0.1, 0.15) is 17.9 Å². The summed E-state index contributed by atoms with van der Waals surface area (Å²) in [5, 5.41) is 18.1. The smallest absolute Gasteiger partial charge is 0.339 e. The highest BCUT2D eigenvalue weighted by Gasteiger charge is 2.15. The maximum absolute atomic E-state index is 13.5. The first-order chi connectivity index (χ1) is 9.08. The monoisotopic (exact) mass is 262 g/mol. The summed E-state index contributed by atoms with van der Waals surface area (Å²) >= 11 is 0. The first-order valence-corrected chi connectivity index (χ1v) is 5.50. The van der Waals surface area contributed by atoms with Gasteiger partial charge in [-0.1, -0.05) is 18.2 Å². The van der Waals surface area contributed by atoms with E-state index < -0.39 is 11.8 Å². The van der Waals surface area contributed by atoms with Crippen LogP contribution in [0.1, 0.15) is 15.9 Å². The van der Waals surface area contributed by atoms with Crippen molar-refractivity contribution in [2.45, 2.75) is 6.61 Å². The predicted molar refractivity (Wildman–Crippen MR) is 65.8 cm³/mol. The Morgan fingerprint density at radius 2 is 1.84 bits per heavy atom. The van der Waals surface area contributed by atoms with Crippen molar-refractivity contribution in [3.63, 3.8) is 0 Å². The number of aromatic hydroxyl groups is 1. The second kappa shape index (κ2) is 5.39. The molecular formula is C14H11FO4. The molecule has 2 N–H and O–H groups in total. The van der Waals surface area contributed by atoms with E-state index in [1.54, 1.807) is 12.1 Å². The van der Waals surface area contributed by atoms with Gasteiger partial charge in [-0.3, -0.25) is 0 Å². The summed E-state index contributed by atoms with van der Waals surface area (Å²) in [6, 6.07) is 9.88. The molecule has 0 heterocycles. The Kier molecular flexibility index (Phi) is 3.66. The van der Waals surface area contributed by atoms with Crippen molar-refractivity contribution in [3.05, 3.63) is 59.4 Å². The quantitative estimate of drug-likeness (QED) is 0.889. The molecule has 0 aromatic heterocycles. The van der Waals surface area contributed by atoms with Crippen molar-refractivity contribution in [2.24, 2.45) is 0 Å². The highest BCUT2D eigenvalue weighted by molar-refractivity contribution is 5.90. The summed E-state index contributed by atoms with van der Waals surface area (Å²) in [5.74, 6) is -2.15. The van der Waals surface area contributed by atoms with Gasteiger partial charge in [-0.25, -0.2) is 9.18 Å². The van der Waals surface area contributed by atoms with Crippen LogP contribution in [0.2, 0.25) is 0 Å². The number of benzene rings is 2. The Labute approximate surface area is 108 Å². The van der Waals surface area contributed by atoms with Gasteiger partial charge < -0.3 is 14.9 Å². The Balaban J connectivity index is 2.19. The molecule has 0 radical (unpaired) electrons. The minimum Gasteiger partial charge on any atom is -0.508 e. The van der Waals surface area contributed by atoms with E-state index in [2.05, 4.69) is 0 Å². The molecule has 0 saturated carbocycles. The minimum absolute atomic E-state index is 0.0154. The molecule has 2 aromatic carbocycles. The number of carboxylic acids is 1. The third-order valence-electron chi connectivity index (χ3n) is 2.52. The van der Waals surface area contributed by atoms with Crippen LogP contribution >= 0.6 is 0 Å². The molecule has 0 bridgehead atoms. The van der Waals surface area contributed by atoms with Crippen molar-refractivity contribution in [2.75, 3.05) is 0 Å². The van der Waals surface area contributed by atoms with Crippen molar-refractivity contribution in [3.8, 4) is 11.5 Å². The van der Waals surface area contributed by atoms with Crippen LogP contribution in [0.15, 0.2) is 42.5 Å². The Bertz CT molecular complexity index is 593. The van der Waals surface area contributed by atoms with Gasteiger partial charge in [-0.15, -0.1) is 0 Å². The highest BCUT2D eigenvalue weighted by Crippen LogP contribution is 2.24. The molecule has 2 rings (SSSR count). The average molecular weight is 262 g/mol. The maximum Gasteiger partial charge on any atom is 0.339 e. The average Bonchev–Trinajstić information content (AvgIpc) is 2.39. The zero-order valence-electron chi connectivity index (χ0n) is 9.84. The normalized spacial score (nSPS) is 10.2. The molecule has 0 aliphatic rings. The molecule has 19 heavy (non-hydrogen) atoms. The Morgan fingerprint density at radius 3 is 2.47 bits per heavy atom. The van der Waals surface area contributed by atoms with E-state index in [9.17, 15) is 9.18 Å². The fraction of sp³-hybridized carbons (Fsp3) is 0.0714. The Hall–Kier alpha value is -2.56. The highest BCUT2D eigenvalue weighted by atomic mass is 19.1. The van der Waals surface area contributed by atoms with Gasteiger partial charge >= 0.3 is 5.97 Å². The molecule has 98 valence electrons. The van der Waals surface area contributed by atoms with Crippen LogP contribution in [0, 0.1) is 5.82 Å². The standard InChI is InChI=1S/C14H11FO4/c15-12-3-1-2-11(14(17)18)13(12)19-8-9-4-6-10(16)7-5-9/h1-7,16H,8H2,(H,17,18). The molecule has 0 fully saturated rings. The van der Waals surface area contributed by atoms with Crippen molar-refractivity contribution < 1.29 is 24.1 Å². The number of hydrogen-bond donors (Lipinski definition) is 2. The number of carbonyl (C=O) groups is 1. The number of phenols is 1. The van der Waals surface area contributed by atoms with Crippen LogP contribution in [0.4, 0.5) is 4.39 Å². The van der Waals surface area contributed by atoms with Crippen molar-refractivity contribution in [1.82, 2.24) is 0 Å². The van der Waals surface area contributed by atoms with Gasteiger partial charge in [0.05, 0.1) is 0 Å². The predicted octanol–water partition coefficient (Wildman–Crippen LogP) is 2.81. The van der Waals surface area contributed by atoms with Crippen LogP contribution < -0.4 is 4.74 Å². The van der Waals surface area contributed by atoms with Crippen LogP contribution in [0.3, 0.4) is 0 Å². The number of hydrogen-bond acceptors (Lipinski definition) is 3. The molecular weight excluding hydrogens is 251 g/mol. The molecule has 0 spiro atoms. The molecule has 0 unspecified atom stereocenters. The van der Waals surface area contributed by atoms with Crippen LogP contribution in [0.5, 0.6) is 11.5 Å². The largest absolute Gasteiger partial charge is 0.508 e. The van der Waals surface area contributed by atoms with E-state index in [0.29, 0.717) is 5.56 Å².